The number of anilines is 1. The van der Waals surface area contributed by atoms with E-state index in [4.69, 9.17) is 34.8 Å². The molecule has 2 amide bonds. The first kappa shape index (κ1) is 20.7. The monoisotopic (exact) mass is 446 g/mol. The van der Waals surface area contributed by atoms with Gasteiger partial charge in [0.25, 0.3) is 11.8 Å². The molecule has 2 aromatic heterocycles. The number of nitrogens with zero attached hydrogens (tertiary/aromatic N) is 3. The van der Waals surface area contributed by atoms with Crippen molar-refractivity contribution in [3.8, 4) is 0 Å². The van der Waals surface area contributed by atoms with Crippen LogP contribution in [0.4, 0.5) is 5.82 Å². The lowest BCUT2D eigenvalue weighted by atomic mass is 10.2. The molecule has 28 heavy (non-hydrogen) atoms. The van der Waals surface area contributed by atoms with E-state index in [2.05, 4.69) is 30.6 Å². The van der Waals surface area contributed by atoms with Gasteiger partial charge in [-0.2, -0.15) is 0 Å². The molecule has 0 aliphatic carbocycles. The highest BCUT2D eigenvalue weighted by atomic mass is 35.5. The lowest BCUT2D eigenvalue weighted by Crippen LogP contribution is -2.37. The maximum absolute atomic E-state index is 12.5. The molecule has 0 spiro atoms. The van der Waals surface area contributed by atoms with Gasteiger partial charge in [-0.1, -0.05) is 23.2 Å². The van der Waals surface area contributed by atoms with Crippen LogP contribution in [-0.4, -0.2) is 53.0 Å². The number of aromatic amines is 1. The van der Waals surface area contributed by atoms with Crippen LogP contribution in [0.15, 0.2) is 6.07 Å². The third kappa shape index (κ3) is 4.33. The number of hydrogen-bond acceptors (Lipinski definition) is 6. The first-order valence-corrected chi connectivity index (χ1v) is 9.40. The van der Waals surface area contributed by atoms with E-state index in [-0.39, 0.29) is 33.6 Å². The van der Waals surface area contributed by atoms with E-state index < -0.39 is 5.91 Å². The van der Waals surface area contributed by atoms with Crippen molar-refractivity contribution in [2.75, 3.05) is 25.1 Å². The van der Waals surface area contributed by atoms with Gasteiger partial charge >= 0.3 is 0 Å². The summed E-state index contributed by atoms with van der Waals surface area (Å²) in [4.78, 5) is 41.8. The van der Waals surface area contributed by atoms with Gasteiger partial charge in [0.1, 0.15) is 17.2 Å². The Morgan fingerprint density at radius 1 is 1.25 bits per heavy atom. The van der Waals surface area contributed by atoms with Gasteiger partial charge in [-0.3, -0.25) is 14.4 Å². The minimum Gasteiger partial charge on any atom is -0.354 e. The number of carbonyl (C=O) groups excluding carboxylic acids is 2. The zero-order chi connectivity index (χ0) is 20.4. The lowest BCUT2D eigenvalue weighted by molar-refractivity contribution is 0.0532. The van der Waals surface area contributed by atoms with E-state index in [1.54, 1.807) is 6.92 Å². The van der Waals surface area contributed by atoms with Crippen molar-refractivity contribution in [2.45, 2.75) is 19.4 Å². The van der Waals surface area contributed by atoms with Crippen LogP contribution in [0.1, 0.15) is 33.1 Å². The number of aryl methyl sites for hydroxylation is 1. The fourth-order valence-electron chi connectivity index (χ4n) is 2.90. The standard InChI is InChI=1S/C16H17Cl3N6O3/c1-7-11(17)12(18)13(20-7)15(27)21-8-3-4-25(6-8)10-5-9(14(26)24-28-2)22-16(19)23-10/h5,8,20H,3-4,6H2,1-2H3,(H,21,27)(H,24,26)/t8-/m0/s1. The van der Waals surface area contributed by atoms with Gasteiger partial charge in [0.15, 0.2) is 0 Å². The van der Waals surface area contributed by atoms with E-state index in [0.717, 1.165) is 0 Å². The van der Waals surface area contributed by atoms with Gasteiger partial charge in [-0.15, -0.1) is 0 Å². The van der Waals surface area contributed by atoms with Gasteiger partial charge in [0.05, 0.1) is 17.2 Å². The molecule has 0 aromatic carbocycles. The number of halogens is 3. The minimum absolute atomic E-state index is 0.0606. The average Bonchev–Trinajstić information content (AvgIpc) is 3.22. The minimum atomic E-state index is -0.536. The number of rotatable bonds is 5. The third-order valence-electron chi connectivity index (χ3n) is 4.24. The van der Waals surface area contributed by atoms with Crippen LogP contribution < -0.4 is 15.7 Å². The Balaban J connectivity index is 1.69. The molecule has 0 unspecified atom stereocenters. The second kappa shape index (κ2) is 8.52. The van der Waals surface area contributed by atoms with E-state index >= 15 is 0 Å². The molecular formula is C16H17Cl3N6O3. The Morgan fingerprint density at radius 3 is 2.64 bits per heavy atom. The lowest BCUT2D eigenvalue weighted by Gasteiger charge is -2.18. The maximum atomic E-state index is 12.5. The first-order chi connectivity index (χ1) is 13.3. The molecule has 1 aliphatic heterocycles. The van der Waals surface area contributed by atoms with Crippen LogP contribution in [0.3, 0.4) is 0 Å². The molecule has 1 atom stereocenters. The molecular weight excluding hydrogens is 431 g/mol. The molecule has 0 radical (unpaired) electrons. The van der Waals surface area contributed by atoms with Gasteiger partial charge < -0.3 is 15.2 Å². The van der Waals surface area contributed by atoms with Crippen LogP contribution in [0.5, 0.6) is 0 Å². The Kier molecular flexibility index (Phi) is 6.29. The van der Waals surface area contributed by atoms with Gasteiger partial charge in [0.2, 0.25) is 5.28 Å². The third-order valence-corrected chi connectivity index (χ3v) is 5.36. The molecule has 3 N–H and O–H groups in total. The molecule has 0 bridgehead atoms. The van der Waals surface area contributed by atoms with Crippen molar-refractivity contribution in [1.29, 1.82) is 0 Å². The number of hydrogen-bond donors (Lipinski definition) is 3. The number of hydroxylamine groups is 1. The maximum Gasteiger partial charge on any atom is 0.293 e. The topological polar surface area (TPSA) is 112 Å². The summed E-state index contributed by atoms with van der Waals surface area (Å²) in [5.41, 5.74) is 3.11. The van der Waals surface area contributed by atoms with Crippen LogP contribution in [-0.2, 0) is 4.84 Å². The van der Waals surface area contributed by atoms with E-state index in [1.165, 1.54) is 13.2 Å². The zero-order valence-corrected chi connectivity index (χ0v) is 17.2. The molecule has 1 saturated heterocycles. The van der Waals surface area contributed by atoms with Gasteiger partial charge in [-0.25, -0.2) is 15.4 Å². The SMILES string of the molecule is CONC(=O)c1cc(N2CC[C@H](NC(=O)c3[nH]c(C)c(Cl)c3Cl)C2)nc(Cl)n1. The Hall–Kier alpha value is -2.07. The fraction of sp³-hybridized carbons (Fsp3) is 0.375. The van der Waals surface area contributed by atoms with E-state index in [9.17, 15) is 9.59 Å². The molecule has 1 aliphatic rings. The van der Waals surface area contributed by atoms with Gasteiger partial charge in [0, 0.05) is 30.9 Å². The molecule has 9 nitrogen and oxygen atoms in total. The normalized spacial score (nSPS) is 16.3. The molecule has 3 heterocycles. The number of aromatic nitrogens is 3. The number of amides is 2. The molecule has 2 aromatic rings. The quantitative estimate of drug-likeness (QED) is 0.479. The highest BCUT2D eigenvalue weighted by Gasteiger charge is 2.28. The Morgan fingerprint density at radius 2 is 2.00 bits per heavy atom. The summed E-state index contributed by atoms with van der Waals surface area (Å²) in [5.74, 6) is -0.395. The van der Waals surface area contributed by atoms with Crippen molar-refractivity contribution in [3.63, 3.8) is 0 Å². The summed E-state index contributed by atoms with van der Waals surface area (Å²) in [6.45, 7) is 2.83. The van der Waals surface area contributed by atoms with E-state index in [1.807, 2.05) is 4.90 Å². The molecule has 0 saturated carbocycles. The highest BCUT2D eigenvalue weighted by Crippen LogP contribution is 2.29. The molecule has 12 heteroatoms. The van der Waals surface area contributed by atoms with Crippen LogP contribution >= 0.6 is 34.8 Å². The van der Waals surface area contributed by atoms with Gasteiger partial charge in [-0.05, 0) is 24.9 Å². The largest absolute Gasteiger partial charge is 0.354 e. The predicted molar refractivity (Wildman–Crippen MR) is 105 cm³/mol. The predicted octanol–water partition coefficient (Wildman–Crippen LogP) is 2.37. The second-order valence-electron chi connectivity index (χ2n) is 6.17. The number of carbonyl (C=O) groups is 2. The highest BCUT2D eigenvalue weighted by molar-refractivity contribution is 6.44. The summed E-state index contributed by atoms with van der Waals surface area (Å²) in [6, 6.07) is 1.37. The van der Waals surface area contributed by atoms with Crippen LogP contribution in [0, 0.1) is 6.92 Å². The summed E-state index contributed by atoms with van der Waals surface area (Å²) in [6.07, 6.45) is 0.679. The van der Waals surface area contributed by atoms with Crippen LogP contribution in [0.25, 0.3) is 0 Å². The van der Waals surface area contributed by atoms with Crippen molar-refractivity contribution >= 4 is 52.4 Å². The van der Waals surface area contributed by atoms with Crippen molar-refractivity contribution in [3.05, 3.63) is 38.5 Å². The summed E-state index contributed by atoms with van der Waals surface area (Å²) in [5, 5.41) is 3.39. The second-order valence-corrected chi connectivity index (χ2v) is 7.27. The number of nitrogens with one attached hydrogen (secondary N) is 3. The molecule has 3 rings (SSSR count). The smallest absolute Gasteiger partial charge is 0.293 e. The van der Waals surface area contributed by atoms with Crippen molar-refractivity contribution < 1.29 is 14.4 Å². The fourth-order valence-corrected chi connectivity index (χ4v) is 3.50. The van der Waals surface area contributed by atoms with Crippen LogP contribution in [0.2, 0.25) is 15.3 Å². The summed E-state index contributed by atoms with van der Waals surface area (Å²) >= 11 is 18.1. The average molecular weight is 448 g/mol. The molecule has 1 fully saturated rings. The summed E-state index contributed by atoms with van der Waals surface area (Å²) < 4.78 is 0. The Labute approximate surface area is 175 Å². The van der Waals surface area contributed by atoms with E-state index in [0.29, 0.717) is 36.0 Å². The van der Waals surface area contributed by atoms with Crippen molar-refractivity contribution in [1.82, 2.24) is 25.7 Å². The first-order valence-electron chi connectivity index (χ1n) is 8.27. The summed E-state index contributed by atoms with van der Waals surface area (Å²) in [7, 11) is 1.32. The van der Waals surface area contributed by atoms with Crippen molar-refractivity contribution in [2.24, 2.45) is 0 Å². The Bertz CT molecular complexity index is 919. The number of H-pyrrole nitrogens is 1. The zero-order valence-electron chi connectivity index (χ0n) is 15.0. The molecule has 150 valence electrons.